The molecular weight excluding hydrogens is 266 g/mol. The topological polar surface area (TPSA) is 63.2 Å². The fraction of sp³-hybridized carbons (Fsp3) is 0.625. The molecule has 0 spiro atoms. The van der Waals surface area contributed by atoms with Crippen molar-refractivity contribution >= 4 is 5.91 Å². The van der Waals surface area contributed by atoms with Crippen LogP contribution in [0.25, 0.3) is 0 Å². The molecule has 1 heterocycles. The van der Waals surface area contributed by atoms with Gasteiger partial charge in [-0.1, -0.05) is 13.8 Å². The van der Waals surface area contributed by atoms with Crippen molar-refractivity contribution in [2.45, 2.75) is 66.3 Å². The van der Waals surface area contributed by atoms with Gasteiger partial charge in [0.25, 0.3) is 5.91 Å². The Labute approximate surface area is 127 Å². The van der Waals surface area contributed by atoms with E-state index in [9.17, 15) is 4.79 Å². The fourth-order valence-corrected chi connectivity index (χ4v) is 1.78. The molecule has 5 nitrogen and oxygen atoms in total. The lowest BCUT2D eigenvalue weighted by Gasteiger charge is -2.19. The Balaban J connectivity index is 2.79. The molecule has 118 valence electrons. The first kappa shape index (κ1) is 17.4. The largest absolute Gasteiger partial charge is 0.479 e. The Kier molecular flexibility index (Phi) is 6.62. The van der Waals surface area contributed by atoms with E-state index >= 15 is 0 Å². The highest BCUT2D eigenvalue weighted by Crippen LogP contribution is 2.18. The molecule has 0 saturated carbocycles. The van der Waals surface area contributed by atoms with E-state index in [4.69, 9.17) is 4.74 Å². The maximum absolute atomic E-state index is 11.9. The number of nitrogens with zero attached hydrogens (tertiary/aromatic N) is 1. The van der Waals surface area contributed by atoms with Crippen LogP contribution in [0.15, 0.2) is 12.1 Å². The Morgan fingerprint density at radius 2 is 1.86 bits per heavy atom. The molecule has 2 N–H and O–H groups in total. The van der Waals surface area contributed by atoms with Crippen LogP contribution in [0.5, 0.6) is 5.75 Å². The second-order valence-corrected chi connectivity index (χ2v) is 5.86. The van der Waals surface area contributed by atoms with Crippen molar-refractivity contribution in [3.63, 3.8) is 0 Å². The molecule has 1 atom stereocenters. The second kappa shape index (κ2) is 7.98. The summed E-state index contributed by atoms with van der Waals surface area (Å²) in [6, 6.07) is 4.23. The van der Waals surface area contributed by atoms with Crippen molar-refractivity contribution in [1.29, 1.82) is 0 Å². The Hall–Kier alpha value is -1.62. The van der Waals surface area contributed by atoms with Gasteiger partial charge >= 0.3 is 0 Å². The van der Waals surface area contributed by atoms with Gasteiger partial charge in [0.2, 0.25) is 0 Å². The molecule has 1 aromatic heterocycles. The number of carbonyl (C=O) groups excluding carboxylic acids is 1. The van der Waals surface area contributed by atoms with Crippen molar-refractivity contribution in [3.05, 3.63) is 23.5 Å². The molecule has 1 aromatic rings. The minimum atomic E-state index is -0.547. The molecule has 0 aliphatic heterocycles. The third kappa shape index (κ3) is 6.12. The van der Waals surface area contributed by atoms with Crippen molar-refractivity contribution in [1.82, 2.24) is 15.6 Å². The van der Waals surface area contributed by atoms with E-state index in [0.29, 0.717) is 18.3 Å². The maximum atomic E-state index is 11.9. The van der Waals surface area contributed by atoms with Gasteiger partial charge in [0.1, 0.15) is 5.75 Å². The van der Waals surface area contributed by atoms with Crippen molar-refractivity contribution < 1.29 is 9.53 Å². The summed E-state index contributed by atoms with van der Waals surface area (Å²) in [5, 5.41) is 6.16. The number of ether oxygens (including phenoxy) is 1. The minimum Gasteiger partial charge on any atom is -0.479 e. The molecule has 0 aliphatic carbocycles. The summed E-state index contributed by atoms with van der Waals surface area (Å²) in [5.74, 6) is 0.536. The number of amides is 1. The van der Waals surface area contributed by atoms with E-state index in [0.717, 1.165) is 11.4 Å². The number of aryl methyl sites for hydroxylation is 1. The highest BCUT2D eigenvalue weighted by atomic mass is 16.5. The van der Waals surface area contributed by atoms with Gasteiger partial charge in [0.05, 0.1) is 5.69 Å². The van der Waals surface area contributed by atoms with Crippen LogP contribution in [0, 0.1) is 6.92 Å². The first-order valence-corrected chi connectivity index (χ1v) is 7.46. The van der Waals surface area contributed by atoms with Crippen LogP contribution < -0.4 is 15.4 Å². The summed E-state index contributed by atoms with van der Waals surface area (Å²) in [4.78, 5) is 16.4. The van der Waals surface area contributed by atoms with Crippen LogP contribution in [0.4, 0.5) is 0 Å². The number of hydrogen-bond acceptors (Lipinski definition) is 4. The predicted molar refractivity (Wildman–Crippen MR) is 84.3 cm³/mol. The Morgan fingerprint density at radius 1 is 1.19 bits per heavy atom. The quantitative estimate of drug-likeness (QED) is 0.809. The minimum absolute atomic E-state index is 0.0989. The zero-order valence-electron chi connectivity index (χ0n) is 13.9. The number of aromatic nitrogens is 1. The third-order valence-corrected chi connectivity index (χ3v) is 2.85. The number of nitrogens with one attached hydrogen (secondary N) is 2. The molecular formula is C16H27N3O2. The molecule has 1 unspecified atom stereocenters. The summed E-state index contributed by atoms with van der Waals surface area (Å²) in [5.41, 5.74) is 1.76. The summed E-state index contributed by atoms with van der Waals surface area (Å²) in [7, 11) is 0. The molecule has 0 fully saturated rings. The van der Waals surface area contributed by atoms with Crippen LogP contribution in [0.1, 0.15) is 46.0 Å². The number of pyridine rings is 1. The monoisotopic (exact) mass is 293 g/mol. The number of hydrogen-bond donors (Lipinski definition) is 2. The lowest BCUT2D eigenvalue weighted by molar-refractivity contribution is -0.127. The molecule has 5 heteroatoms. The van der Waals surface area contributed by atoms with Crippen LogP contribution in [0.2, 0.25) is 0 Å². The number of carbonyl (C=O) groups is 1. The summed E-state index contributed by atoms with van der Waals surface area (Å²) in [6.07, 6.45) is -0.547. The van der Waals surface area contributed by atoms with Crippen LogP contribution in [-0.2, 0) is 11.3 Å². The molecule has 1 amide bonds. The first-order valence-electron chi connectivity index (χ1n) is 7.46. The van der Waals surface area contributed by atoms with Gasteiger partial charge in [-0.2, -0.15) is 0 Å². The highest BCUT2D eigenvalue weighted by Gasteiger charge is 2.17. The van der Waals surface area contributed by atoms with Crippen molar-refractivity contribution in [2.24, 2.45) is 0 Å². The van der Waals surface area contributed by atoms with E-state index in [1.165, 1.54) is 0 Å². The molecule has 1 rings (SSSR count). The molecule has 0 bridgehead atoms. The van der Waals surface area contributed by atoms with Gasteiger partial charge in [-0.25, -0.2) is 0 Å². The zero-order valence-corrected chi connectivity index (χ0v) is 13.9. The lowest BCUT2D eigenvalue weighted by Crippen LogP contribution is -2.40. The number of rotatable bonds is 7. The zero-order chi connectivity index (χ0) is 16.0. The van der Waals surface area contributed by atoms with Crippen LogP contribution in [0.3, 0.4) is 0 Å². The van der Waals surface area contributed by atoms with Gasteiger partial charge in [0, 0.05) is 24.3 Å². The van der Waals surface area contributed by atoms with Crippen molar-refractivity contribution in [3.8, 4) is 5.75 Å². The molecule has 0 aromatic carbocycles. The summed E-state index contributed by atoms with van der Waals surface area (Å²) >= 11 is 0. The van der Waals surface area contributed by atoms with E-state index in [1.807, 2.05) is 32.9 Å². The Bertz CT molecular complexity index is 473. The summed E-state index contributed by atoms with van der Waals surface area (Å²) < 4.78 is 5.78. The standard InChI is InChI=1S/C16H27N3O2/c1-10(2)17-9-14-15(8-7-12(5)19-14)21-13(6)16(20)18-11(3)4/h7-8,10-11,13,17H,9H2,1-6H3,(H,18,20). The van der Waals surface area contributed by atoms with Crippen LogP contribution >= 0.6 is 0 Å². The van der Waals surface area contributed by atoms with Gasteiger partial charge < -0.3 is 15.4 Å². The maximum Gasteiger partial charge on any atom is 0.260 e. The van der Waals surface area contributed by atoms with Crippen LogP contribution in [-0.4, -0.2) is 29.1 Å². The average molecular weight is 293 g/mol. The van der Waals surface area contributed by atoms with Crippen molar-refractivity contribution in [2.75, 3.05) is 0 Å². The van der Waals surface area contributed by atoms with Gasteiger partial charge in [-0.15, -0.1) is 0 Å². The lowest BCUT2D eigenvalue weighted by atomic mass is 10.2. The fourth-order valence-electron chi connectivity index (χ4n) is 1.78. The van der Waals surface area contributed by atoms with E-state index < -0.39 is 6.10 Å². The second-order valence-electron chi connectivity index (χ2n) is 5.86. The van der Waals surface area contributed by atoms with Gasteiger partial charge in [-0.3, -0.25) is 9.78 Å². The SMILES string of the molecule is Cc1ccc(OC(C)C(=O)NC(C)C)c(CNC(C)C)n1. The highest BCUT2D eigenvalue weighted by molar-refractivity contribution is 5.80. The molecule has 21 heavy (non-hydrogen) atoms. The molecule has 0 radical (unpaired) electrons. The van der Waals surface area contributed by atoms with E-state index in [1.54, 1.807) is 6.92 Å². The predicted octanol–water partition coefficient (Wildman–Crippen LogP) is 2.18. The average Bonchev–Trinajstić information content (AvgIpc) is 2.37. The van der Waals surface area contributed by atoms with Gasteiger partial charge in [0.15, 0.2) is 6.10 Å². The van der Waals surface area contributed by atoms with E-state index in [-0.39, 0.29) is 11.9 Å². The third-order valence-electron chi connectivity index (χ3n) is 2.85. The normalized spacial score (nSPS) is 12.6. The summed E-state index contributed by atoms with van der Waals surface area (Å²) in [6.45, 7) is 12.3. The smallest absolute Gasteiger partial charge is 0.260 e. The Morgan fingerprint density at radius 3 is 2.43 bits per heavy atom. The molecule has 0 saturated heterocycles. The van der Waals surface area contributed by atoms with E-state index in [2.05, 4.69) is 29.5 Å². The van der Waals surface area contributed by atoms with Gasteiger partial charge in [-0.05, 0) is 39.8 Å². The molecule has 0 aliphatic rings. The first-order chi connectivity index (χ1) is 9.79.